The van der Waals surface area contributed by atoms with Gasteiger partial charge in [0.05, 0.1) is 9.79 Å². The van der Waals surface area contributed by atoms with Crippen LogP contribution < -0.4 is 9.47 Å². The van der Waals surface area contributed by atoms with Crippen LogP contribution in [0, 0.1) is 0 Å². The molecule has 0 aliphatic carbocycles. The number of rotatable bonds is 22. The maximum absolute atomic E-state index is 11.7. The van der Waals surface area contributed by atoms with E-state index in [0.717, 1.165) is 38.5 Å². The van der Waals surface area contributed by atoms with Crippen LogP contribution in [0.2, 0.25) is 0 Å². The number of ether oxygens (including phenoxy) is 2. The molecule has 11 heteroatoms. The van der Waals surface area contributed by atoms with Crippen molar-refractivity contribution in [3.63, 3.8) is 0 Å². The van der Waals surface area contributed by atoms with E-state index in [1.54, 1.807) is 48.5 Å². The Hall–Kier alpha value is -2.44. The van der Waals surface area contributed by atoms with Gasteiger partial charge in [0.2, 0.25) is 0 Å². The van der Waals surface area contributed by atoms with Gasteiger partial charge in [0, 0.05) is 0 Å². The first-order chi connectivity index (χ1) is 25.0. The minimum absolute atomic E-state index is 0. The maximum Gasteiger partial charge on any atom is 2.00 e. The Bertz CT molecular complexity index is 1680. The molecule has 0 saturated heterocycles. The first-order valence-electron chi connectivity index (χ1n) is 18.6. The summed E-state index contributed by atoms with van der Waals surface area (Å²) in [6, 6.07) is 27.7. The van der Waals surface area contributed by atoms with Crippen molar-refractivity contribution in [1.29, 1.82) is 0 Å². The molecule has 0 aliphatic rings. The molecule has 4 rings (SSSR count). The van der Waals surface area contributed by atoms with Crippen molar-refractivity contribution in [2.75, 3.05) is 0 Å². The zero-order valence-corrected chi connectivity index (χ0v) is 35.2. The van der Waals surface area contributed by atoms with Crippen LogP contribution >= 0.6 is 0 Å². The summed E-state index contributed by atoms with van der Waals surface area (Å²) >= 11 is 0. The quantitative estimate of drug-likeness (QED) is 0.0436. The molecule has 0 aromatic heterocycles. The van der Waals surface area contributed by atoms with Gasteiger partial charge in [-0.3, -0.25) is 0 Å². The molecule has 0 unspecified atom stereocenters. The standard InChI is InChI=1S/2C21H28O4S.Ca/c2*1-2-3-4-5-6-7-9-12-18-15-16-20(17-21(18)26(22,23)24)25-19-13-10-8-11-14-19;/h2*8,10-11,13-17H,2-7,9,12H2,1H3,(H,22,23,24);/q;;+2/p-2. The van der Waals surface area contributed by atoms with Gasteiger partial charge in [0.25, 0.3) is 0 Å². The van der Waals surface area contributed by atoms with Crippen LogP contribution in [-0.4, -0.2) is 63.7 Å². The van der Waals surface area contributed by atoms with Crippen molar-refractivity contribution in [3.05, 3.63) is 108 Å². The molecule has 0 heterocycles. The Labute approximate surface area is 348 Å². The fourth-order valence-corrected chi connectivity index (χ4v) is 7.37. The summed E-state index contributed by atoms with van der Waals surface area (Å²) in [5.41, 5.74) is 1.16. The Balaban J connectivity index is 0.000000360. The van der Waals surface area contributed by atoms with E-state index in [4.69, 9.17) is 9.47 Å². The van der Waals surface area contributed by atoms with Gasteiger partial charge < -0.3 is 18.6 Å². The fourth-order valence-electron chi connectivity index (χ4n) is 5.87. The molecule has 0 saturated carbocycles. The second-order valence-corrected chi connectivity index (χ2v) is 15.7. The Kier molecular flexibility index (Phi) is 22.6. The number of hydrogen-bond donors (Lipinski definition) is 0. The van der Waals surface area contributed by atoms with Crippen molar-refractivity contribution >= 4 is 58.0 Å². The van der Waals surface area contributed by atoms with Crippen LogP contribution in [-0.2, 0) is 33.1 Å². The number of aryl methyl sites for hydroxylation is 2. The largest absolute Gasteiger partial charge is 2.00 e. The molecule has 0 amide bonds. The molecule has 0 N–H and O–H groups in total. The van der Waals surface area contributed by atoms with Crippen molar-refractivity contribution in [1.82, 2.24) is 0 Å². The number of hydrogen-bond acceptors (Lipinski definition) is 8. The van der Waals surface area contributed by atoms with Crippen LogP contribution in [0.4, 0.5) is 0 Å². The molecule has 8 nitrogen and oxygen atoms in total. The number of benzene rings is 4. The third-order valence-corrected chi connectivity index (χ3v) is 10.5. The predicted molar refractivity (Wildman–Crippen MR) is 211 cm³/mol. The topological polar surface area (TPSA) is 133 Å². The van der Waals surface area contributed by atoms with E-state index >= 15 is 0 Å². The second-order valence-electron chi connectivity index (χ2n) is 13.0. The Morgan fingerprint density at radius 1 is 0.434 bits per heavy atom. The van der Waals surface area contributed by atoms with Crippen LogP contribution in [0.15, 0.2) is 107 Å². The van der Waals surface area contributed by atoms with E-state index in [2.05, 4.69) is 13.8 Å². The summed E-state index contributed by atoms with van der Waals surface area (Å²) in [6.45, 7) is 4.38. The second kappa shape index (κ2) is 25.6. The molecule has 284 valence electrons. The summed E-state index contributed by atoms with van der Waals surface area (Å²) in [6.07, 6.45) is 17.2. The maximum atomic E-state index is 11.7. The number of unbranched alkanes of at least 4 members (excludes halogenated alkanes) is 12. The van der Waals surface area contributed by atoms with Crippen LogP contribution in [0.1, 0.15) is 115 Å². The van der Waals surface area contributed by atoms with E-state index in [1.165, 1.54) is 63.5 Å². The first kappa shape index (κ1) is 46.7. The van der Waals surface area contributed by atoms with E-state index in [-0.39, 0.29) is 47.5 Å². The average Bonchev–Trinajstić information content (AvgIpc) is 3.12. The molecule has 0 aliphatic heterocycles. The third-order valence-electron chi connectivity index (χ3n) is 8.67. The molecule has 0 spiro atoms. The smallest absolute Gasteiger partial charge is 0.744 e. The molecule has 0 fully saturated rings. The van der Waals surface area contributed by atoms with Crippen LogP contribution in [0.5, 0.6) is 23.0 Å². The minimum Gasteiger partial charge on any atom is -0.744 e. The van der Waals surface area contributed by atoms with Crippen molar-refractivity contribution in [2.45, 2.75) is 126 Å². The molecular formula is C42H54CaO8S2. The fraction of sp³-hybridized carbons (Fsp3) is 0.429. The molecule has 0 bridgehead atoms. The molecule has 4 aromatic carbocycles. The molecule has 4 aromatic rings. The molecule has 0 atom stereocenters. The van der Waals surface area contributed by atoms with Gasteiger partial charge in [-0.1, -0.05) is 139 Å². The number of para-hydroxylation sites is 2. The normalized spacial score (nSPS) is 11.2. The molecule has 0 radical (unpaired) electrons. The van der Waals surface area contributed by atoms with E-state index in [0.29, 0.717) is 47.0 Å². The Morgan fingerprint density at radius 3 is 1.08 bits per heavy atom. The first-order valence-corrected chi connectivity index (χ1v) is 21.5. The van der Waals surface area contributed by atoms with E-state index in [9.17, 15) is 25.9 Å². The predicted octanol–water partition coefficient (Wildman–Crippen LogP) is 11.0. The van der Waals surface area contributed by atoms with Crippen molar-refractivity contribution in [2.24, 2.45) is 0 Å². The van der Waals surface area contributed by atoms with Gasteiger partial charge in [-0.15, -0.1) is 0 Å². The summed E-state index contributed by atoms with van der Waals surface area (Å²) < 4.78 is 81.2. The summed E-state index contributed by atoms with van der Waals surface area (Å²) in [4.78, 5) is -0.339. The van der Waals surface area contributed by atoms with Crippen LogP contribution in [0.25, 0.3) is 0 Å². The van der Waals surface area contributed by atoms with Gasteiger partial charge in [0.1, 0.15) is 43.2 Å². The van der Waals surface area contributed by atoms with E-state index < -0.39 is 20.2 Å². The van der Waals surface area contributed by atoms with Crippen LogP contribution in [0.3, 0.4) is 0 Å². The molecular weight excluding hydrogens is 737 g/mol. The van der Waals surface area contributed by atoms with Gasteiger partial charge in [0.15, 0.2) is 0 Å². The van der Waals surface area contributed by atoms with Gasteiger partial charge in [-0.05, 0) is 85.3 Å². The van der Waals surface area contributed by atoms with Gasteiger partial charge >= 0.3 is 37.7 Å². The summed E-state index contributed by atoms with van der Waals surface area (Å²) in [7, 11) is -9.07. The van der Waals surface area contributed by atoms with Crippen molar-refractivity contribution < 1.29 is 35.4 Å². The zero-order valence-electron chi connectivity index (χ0n) is 31.3. The SMILES string of the molecule is CCCCCCCCCc1ccc(Oc2ccccc2)cc1S(=O)(=O)[O-].CCCCCCCCCc1ccc(Oc2ccccc2)cc1S(=O)(=O)[O-].[Ca+2]. The monoisotopic (exact) mass is 790 g/mol. The Morgan fingerprint density at radius 2 is 0.755 bits per heavy atom. The average molecular weight is 791 g/mol. The summed E-state index contributed by atoms with van der Waals surface area (Å²) in [5.74, 6) is 1.91. The third kappa shape index (κ3) is 18.6. The summed E-state index contributed by atoms with van der Waals surface area (Å²) in [5, 5.41) is 0. The van der Waals surface area contributed by atoms with Crippen molar-refractivity contribution in [3.8, 4) is 23.0 Å². The van der Waals surface area contributed by atoms with E-state index in [1.807, 2.05) is 36.4 Å². The minimum atomic E-state index is -4.53. The molecule has 53 heavy (non-hydrogen) atoms. The van der Waals surface area contributed by atoms with Gasteiger partial charge in [-0.2, -0.15) is 0 Å². The zero-order chi connectivity index (χ0) is 37.7. The van der Waals surface area contributed by atoms with Gasteiger partial charge in [-0.25, -0.2) is 16.8 Å².